The molecule has 0 heterocycles. The lowest BCUT2D eigenvalue weighted by Crippen LogP contribution is -2.59. The molecule has 1 rings (SSSR count). The van der Waals surface area contributed by atoms with Gasteiger partial charge in [0.05, 0.1) is 29.1 Å². The molecule has 0 aromatic heterocycles. The van der Waals surface area contributed by atoms with E-state index in [0.29, 0.717) is 0 Å². The van der Waals surface area contributed by atoms with Crippen LogP contribution in [0.3, 0.4) is 0 Å². The van der Waals surface area contributed by atoms with Gasteiger partial charge in [0.1, 0.15) is 0 Å². The first-order chi connectivity index (χ1) is 11.0. The molecule has 0 amide bonds. The molecule has 1 fully saturated rings. The molecule has 11 nitrogen and oxygen atoms in total. The maximum Gasteiger partial charge on any atom is 0.310 e. The van der Waals surface area contributed by atoms with Crippen LogP contribution in [0.4, 0.5) is 0 Å². The number of carboxylic acid groups (broad SMARTS) is 5. The van der Waals surface area contributed by atoms with Gasteiger partial charge in [0.2, 0.25) is 0 Å². The Bertz CT molecular complexity index is 582. The number of hydrogen-bond donors (Lipinski definition) is 6. The van der Waals surface area contributed by atoms with Crippen molar-refractivity contribution in [3.05, 3.63) is 0 Å². The Kier molecular flexibility index (Phi) is 5.50. The van der Waals surface area contributed by atoms with E-state index in [0.717, 1.165) is 0 Å². The number of carbonyl (C=O) groups is 5. The van der Waals surface area contributed by atoms with Crippen LogP contribution in [0.15, 0.2) is 0 Å². The van der Waals surface area contributed by atoms with Gasteiger partial charge in [0.25, 0.3) is 0 Å². The average Bonchev–Trinajstić information content (AvgIpc) is 2.44. The van der Waals surface area contributed by atoms with Crippen LogP contribution >= 0.6 is 0 Å². The maximum absolute atomic E-state index is 11.7. The summed E-state index contributed by atoms with van der Waals surface area (Å²) in [4.78, 5) is 57.5. The van der Waals surface area contributed by atoms with E-state index in [1.54, 1.807) is 0 Å². The van der Waals surface area contributed by atoms with Crippen molar-refractivity contribution >= 4 is 29.8 Å². The molecular formula is C13H16O11. The van der Waals surface area contributed by atoms with Gasteiger partial charge < -0.3 is 30.6 Å². The lowest BCUT2D eigenvalue weighted by atomic mass is 9.53. The Labute approximate surface area is 134 Å². The van der Waals surface area contributed by atoms with Gasteiger partial charge in [0, 0.05) is 6.61 Å². The second-order valence-corrected chi connectivity index (χ2v) is 5.63. The van der Waals surface area contributed by atoms with E-state index in [9.17, 15) is 49.5 Å². The van der Waals surface area contributed by atoms with Crippen LogP contribution in [-0.2, 0) is 24.0 Å². The van der Waals surface area contributed by atoms with Crippen LogP contribution in [0, 0.1) is 29.1 Å². The molecule has 11 heteroatoms. The van der Waals surface area contributed by atoms with Gasteiger partial charge in [-0.2, -0.15) is 0 Å². The van der Waals surface area contributed by atoms with Gasteiger partial charge in [-0.15, -0.1) is 0 Å². The van der Waals surface area contributed by atoms with Crippen molar-refractivity contribution in [1.82, 2.24) is 0 Å². The van der Waals surface area contributed by atoms with E-state index in [1.165, 1.54) is 0 Å². The molecule has 1 saturated carbocycles. The third-order valence-corrected chi connectivity index (χ3v) is 4.50. The highest BCUT2D eigenvalue weighted by atomic mass is 16.4. The molecule has 0 spiro atoms. The largest absolute Gasteiger partial charge is 0.481 e. The molecule has 5 unspecified atom stereocenters. The van der Waals surface area contributed by atoms with E-state index in [2.05, 4.69) is 0 Å². The molecule has 1 aliphatic rings. The molecular weight excluding hydrogens is 332 g/mol. The van der Waals surface area contributed by atoms with Crippen molar-refractivity contribution in [2.45, 2.75) is 12.8 Å². The fourth-order valence-corrected chi connectivity index (χ4v) is 3.48. The number of carboxylic acids is 5. The number of aliphatic carboxylic acids is 5. The lowest BCUT2D eigenvalue weighted by molar-refractivity contribution is -0.192. The second kappa shape index (κ2) is 6.83. The quantitative estimate of drug-likeness (QED) is 0.317. The average molecular weight is 348 g/mol. The highest BCUT2D eigenvalue weighted by molar-refractivity contribution is 5.93. The third kappa shape index (κ3) is 3.02. The fourth-order valence-electron chi connectivity index (χ4n) is 3.48. The van der Waals surface area contributed by atoms with E-state index in [1.807, 2.05) is 0 Å². The number of aliphatic hydroxyl groups is 1. The summed E-state index contributed by atoms with van der Waals surface area (Å²) in [6.45, 7) is -0.841. The predicted octanol–water partition coefficient (Wildman–Crippen LogP) is -1.35. The lowest BCUT2D eigenvalue weighted by Gasteiger charge is -2.46. The molecule has 24 heavy (non-hydrogen) atoms. The van der Waals surface area contributed by atoms with Crippen LogP contribution in [0.25, 0.3) is 0 Å². The highest BCUT2D eigenvalue weighted by Gasteiger charge is 2.65. The number of hydrogen-bond acceptors (Lipinski definition) is 6. The standard InChI is InChI=1S/C13H16O11/c14-2-1-13(12(23)24)3-4(8(15)16)5(9(17)18)6(10(19)20)7(13)11(21)22/h4-7,14H,1-3H2,(H,15,16)(H,17,18)(H,19,20)(H,21,22)(H,23,24). The summed E-state index contributed by atoms with van der Waals surface area (Å²) < 4.78 is 0. The Morgan fingerprint density at radius 1 is 0.792 bits per heavy atom. The van der Waals surface area contributed by atoms with Crippen molar-refractivity contribution in [1.29, 1.82) is 0 Å². The number of aliphatic hydroxyl groups excluding tert-OH is 1. The molecule has 0 radical (unpaired) electrons. The molecule has 0 aromatic rings. The zero-order chi connectivity index (χ0) is 18.8. The summed E-state index contributed by atoms with van der Waals surface area (Å²) in [7, 11) is 0. The number of rotatable bonds is 7. The highest BCUT2D eigenvalue weighted by Crippen LogP contribution is 2.52. The third-order valence-electron chi connectivity index (χ3n) is 4.50. The van der Waals surface area contributed by atoms with Gasteiger partial charge in [-0.3, -0.25) is 24.0 Å². The van der Waals surface area contributed by atoms with Crippen molar-refractivity contribution in [3.63, 3.8) is 0 Å². The van der Waals surface area contributed by atoms with Gasteiger partial charge in [-0.25, -0.2) is 0 Å². The van der Waals surface area contributed by atoms with Gasteiger partial charge in [-0.1, -0.05) is 0 Å². The summed E-state index contributed by atoms with van der Waals surface area (Å²) in [5.41, 5.74) is -2.42. The zero-order valence-corrected chi connectivity index (χ0v) is 12.2. The SMILES string of the molecule is O=C(O)C1CC(CCO)(C(=O)O)C(C(=O)O)C(C(=O)O)C1C(=O)O. The summed E-state index contributed by atoms with van der Waals surface area (Å²) >= 11 is 0. The Balaban J connectivity index is 3.70. The summed E-state index contributed by atoms with van der Waals surface area (Å²) in [6, 6.07) is 0. The van der Waals surface area contributed by atoms with E-state index < -0.39 is 78.4 Å². The molecule has 6 N–H and O–H groups in total. The van der Waals surface area contributed by atoms with Crippen LogP contribution in [0.5, 0.6) is 0 Å². The minimum absolute atomic E-state index is 0.723. The molecule has 1 aliphatic carbocycles. The topological polar surface area (TPSA) is 207 Å². The van der Waals surface area contributed by atoms with Crippen LogP contribution < -0.4 is 0 Å². The van der Waals surface area contributed by atoms with Gasteiger partial charge >= 0.3 is 29.8 Å². The smallest absolute Gasteiger partial charge is 0.310 e. The molecule has 5 atom stereocenters. The van der Waals surface area contributed by atoms with Crippen molar-refractivity contribution in [3.8, 4) is 0 Å². The van der Waals surface area contributed by atoms with Crippen molar-refractivity contribution in [2.24, 2.45) is 29.1 Å². The Morgan fingerprint density at radius 3 is 1.58 bits per heavy atom. The molecule has 0 bridgehead atoms. The second-order valence-electron chi connectivity index (χ2n) is 5.63. The normalized spacial score (nSPS) is 32.7. The van der Waals surface area contributed by atoms with E-state index >= 15 is 0 Å². The van der Waals surface area contributed by atoms with Crippen molar-refractivity contribution in [2.75, 3.05) is 6.61 Å². The minimum Gasteiger partial charge on any atom is -0.481 e. The van der Waals surface area contributed by atoms with Gasteiger partial charge in [0.15, 0.2) is 0 Å². The fraction of sp³-hybridized carbons (Fsp3) is 0.615. The van der Waals surface area contributed by atoms with Crippen LogP contribution in [0.2, 0.25) is 0 Å². The predicted molar refractivity (Wildman–Crippen MR) is 70.9 cm³/mol. The first-order valence-corrected chi connectivity index (χ1v) is 6.76. The molecule has 134 valence electrons. The van der Waals surface area contributed by atoms with Crippen LogP contribution in [-0.4, -0.2) is 67.1 Å². The zero-order valence-electron chi connectivity index (χ0n) is 12.2. The van der Waals surface area contributed by atoms with E-state index in [-0.39, 0.29) is 0 Å². The summed E-state index contributed by atoms with van der Waals surface area (Å²) in [5.74, 6) is -17.7. The first-order valence-electron chi connectivity index (χ1n) is 6.76. The minimum atomic E-state index is -2.42. The summed E-state index contributed by atoms with van der Waals surface area (Å²) in [5, 5.41) is 55.6. The van der Waals surface area contributed by atoms with Crippen LogP contribution in [0.1, 0.15) is 12.8 Å². The van der Waals surface area contributed by atoms with Crippen molar-refractivity contribution < 1.29 is 54.6 Å². The monoisotopic (exact) mass is 348 g/mol. The van der Waals surface area contributed by atoms with Gasteiger partial charge in [-0.05, 0) is 12.8 Å². The molecule has 0 aromatic carbocycles. The molecule has 0 saturated heterocycles. The Morgan fingerprint density at radius 2 is 1.29 bits per heavy atom. The maximum atomic E-state index is 11.7. The molecule has 0 aliphatic heterocycles. The summed E-state index contributed by atoms with van der Waals surface area (Å²) in [6.07, 6.45) is -1.64. The Hall–Kier alpha value is -2.69. The van der Waals surface area contributed by atoms with E-state index in [4.69, 9.17) is 5.11 Å². The first kappa shape index (κ1) is 19.4.